The molecule has 0 aromatic heterocycles. The number of likely N-dealkylation sites (tertiary alicyclic amines) is 1. The van der Waals surface area contributed by atoms with Gasteiger partial charge in [-0.25, -0.2) is 13.1 Å². The maximum atomic E-state index is 12.0. The second-order valence-corrected chi connectivity index (χ2v) is 7.58. The lowest BCUT2D eigenvalue weighted by atomic mass is 10.1. The van der Waals surface area contributed by atoms with Gasteiger partial charge in [0.05, 0.1) is 5.75 Å². The van der Waals surface area contributed by atoms with Gasteiger partial charge in [-0.15, -0.1) is 0 Å². The first kappa shape index (κ1) is 15.2. The van der Waals surface area contributed by atoms with Crippen LogP contribution in [0, 0.1) is 0 Å². The zero-order valence-corrected chi connectivity index (χ0v) is 12.6. The Kier molecular flexibility index (Phi) is 6.06. The van der Waals surface area contributed by atoms with Gasteiger partial charge in [0.15, 0.2) is 0 Å². The van der Waals surface area contributed by atoms with Gasteiger partial charge in [-0.05, 0) is 45.3 Å². The molecule has 1 unspecified atom stereocenters. The summed E-state index contributed by atoms with van der Waals surface area (Å²) in [7, 11) is -3.12. The fourth-order valence-electron chi connectivity index (χ4n) is 2.93. The minimum absolute atomic E-state index is 0.140. The Morgan fingerprint density at radius 3 is 2.58 bits per heavy atom. The van der Waals surface area contributed by atoms with Crippen LogP contribution in [-0.2, 0) is 10.0 Å². The lowest BCUT2D eigenvalue weighted by molar-refractivity contribution is 0.232. The molecule has 0 aromatic rings. The van der Waals surface area contributed by atoms with Gasteiger partial charge in [0.25, 0.3) is 0 Å². The molecule has 19 heavy (non-hydrogen) atoms. The molecule has 0 radical (unpaired) electrons. The highest BCUT2D eigenvalue weighted by atomic mass is 32.2. The molecule has 0 amide bonds. The molecule has 0 bridgehead atoms. The van der Waals surface area contributed by atoms with Crippen LogP contribution in [-0.4, -0.2) is 57.8 Å². The largest absolute Gasteiger partial charge is 0.313 e. The fourth-order valence-corrected chi connectivity index (χ4v) is 4.27. The van der Waals surface area contributed by atoms with Crippen molar-refractivity contribution in [3.05, 3.63) is 0 Å². The summed E-state index contributed by atoms with van der Waals surface area (Å²) < 4.78 is 26.7. The molecule has 2 heterocycles. The number of nitrogens with zero attached hydrogens (tertiary/aromatic N) is 1. The van der Waals surface area contributed by atoms with Crippen molar-refractivity contribution in [2.75, 3.05) is 38.5 Å². The van der Waals surface area contributed by atoms with E-state index in [1.165, 1.54) is 25.7 Å². The summed E-state index contributed by atoms with van der Waals surface area (Å²) in [4.78, 5) is 2.35. The molecule has 0 spiro atoms. The number of hydrogen-bond acceptors (Lipinski definition) is 4. The van der Waals surface area contributed by atoms with E-state index in [0.29, 0.717) is 6.54 Å². The Bertz CT molecular complexity index is 347. The molecule has 0 aliphatic carbocycles. The van der Waals surface area contributed by atoms with Crippen molar-refractivity contribution in [2.45, 2.75) is 44.6 Å². The lowest BCUT2D eigenvalue weighted by Crippen LogP contribution is -2.44. The van der Waals surface area contributed by atoms with E-state index in [0.717, 1.165) is 39.0 Å². The van der Waals surface area contributed by atoms with Crippen molar-refractivity contribution in [1.82, 2.24) is 14.9 Å². The topological polar surface area (TPSA) is 61.4 Å². The number of rotatable bonds is 6. The van der Waals surface area contributed by atoms with Gasteiger partial charge in [0.2, 0.25) is 10.0 Å². The van der Waals surface area contributed by atoms with Crippen LogP contribution in [0.5, 0.6) is 0 Å². The molecule has 2 rings (SSSR count). The lowest BCUT2D eigenvalue weighted by Gasteiger charge is -2.27. The van der Waals surface area contributed by atoms with Crippen molar-refractivity contribution >= 4 is 10.0 Å². The molecule has 6 heteroatoms. The summed E-state index contributed by atoms with van der Waals surface area (Å²) in [5.74, 6) is 0.229. The van der Waals surface area contributed by atoms with Crippen molar-refractivity contribution < 1.29 is 8.42 Å². The van der Waals surface area contributed by atoms with E-state index in [1.807, 2.05) is 0 Å². The average Bonchev–Trinajstić information content (AvgIpc) is 2.40. The number of sulfonamides is 1. The molecule has 2 aliphatic rings. The van der Waals surface area contributed by atoms with Crippen LogP contribution in [0.3, 0.4) is 0 Å². The van der Waals surface area contributed by atoms with Crippen LogP contribution in [0.25, 0.3) is 0 Å². The monoisotopic (exact) mass is 289 g/mol. The Balaban J connectivity index is 1.65. The summed E-state index contributed by atoms with van der Waals surface area (Å²) in [6.45, 7) is 4.58. The van der Waals surface area contributed by atoms with Crippen molar-refractivity contribution in [2.24, 2.45) is 0 Å². The zero-order valence-electron chi connectivity index (χ0n) is 11.7. The van der Waals surface area contributed by atoms with Crippen molar-refractivity contribution in [3.8, 4) is 0 Å². The van der Waals surface area contributed by atoms with E-state index < -0.39 is 10.0 Å². The van der Waals surface area contributed by atoms with Gasteiger partial charge in [0, 0.05) is 19.1 Å². The van der Waals surface area contributed by atoms with Gasteiger partial charge in [-0.2, -0.15) is 0 Å². The minimum atomic E-state index is -3.12. The molecular formula is C13H27N3O2S. The summed E-state index contributed by atoms with van der Waals surface area (Å²) in [6.07, 6.45) is 7.10. The number of hydrogen-bond donors (Lipinski definition) is 2. The van der Waals surface area contributed by atoms with Gasteiger partial charge < -0.3 is 10.2 Å². The summed E-state index contributed by atoms with van der Waals surface area (Å²) in [6, 6.07) is 0.140. The highest BCUT2D eigenvalue weighted by Gasteiger charge is 2.20. The molecule has 5 nitrogen and oxygen atoms in total. The second kappa shape index (κ2) is 7.57. The molecule has 0 aromatic carbocycles. The predicted molar refractivity (Wildman–Crippen MR) is 77.7 cm³/mol. The summed E-state index contributed by atoms with van der Waals surface area (Å²) in [5, 5.41) is 3.29. The SMILES string of the molecule is O=S(=O)(CC1CCCCN1)NCCN1CCCCC1. The van der Waals surface area contributed by atoms with Gasteiger partial charge in [-0.1, -0.05) is 12.8 Å². The van der Waals surface area contributed by atoms with Crippen molar-refractivity contribution in [1.29, 1.82) is 0 Å². The zero-order chi connectivity index (χ0) is 13.6. The van der Waals surface area contributed by atoms with E-state index in [4.69, 9.17) is 0 Å². The highest BCUT2D eigenvalue weighted by molar-refractivity contribution is 7.89. The third kappa shape index (κ3) is 5.77. The Morgan fingerprint density at radius 1 is 1.11 bits per heavy atom. The van der Waals surface area contributed by atoms with Gasteiger partial charge in [-0.3, -0.25) is 0 Å². The van der Waals surface area contributed by atoms with E-state index in [2.05, 4.69) is 14.9 Å². The van der Waals surface area contributed by atoms with Crippen LogP contribution in [0.4, 0.5) is 0 Å². The van der Waals surface area contributed by atoms with E-state index in [9.17, 15) is 8.42 Å². The first-order valence-electron chi connectivity index (χ1n) is 7.59. The fraction of sp³-hybridized carbons (Fsp3) is 1.00. The average molecular weight is 289 g/mol. The molecule has 2 aliphatic heterocycles. The first-order valence-corrected chi connectivity index (χ1v) is 9.24. The Morgan fingerprint density at radius 2 is 1.89 bits per heavy atom. The molecule has 2 fully saturated rings. The highest BCUT2D eigenvalue weighted by Crippen LogP contribution is 2.09. The first-order chi connectivity index (χ1) is 9.16. The van der Waals surface area contributed by atoms with Crippen LogP contribution in [0.2, 0.25) is 0 Å². The van der Waals surface area contributed by atoms with E-state index in [1.54, 1.807) is 0 Å². The standard InChI is InChI=1S/C13H27N3O2S/c17-19(18,12-13-6-2-3-7-14-13)15-8-11-16-9-4-1-5-10-16/h13-15H,1-12H2. The molecule has 0 saturated carbocycles. The number of nitrogens with one attached hydrogen (secondary N) is 2. The number of piperidine rings is 2. The van der Waals surface area contributed by atoms with Crippen molar-refractivity contribution in [3.63, 3.8) is 0 Å². The van der Waals surface area contributed by atoms with E-state index in [-0.39, 0.29) is 11.8 Å². The third-order valence-corrected chi connectivity index (χ3v) is 5.52. The van der Waals surface area contributed by atoms with Gasteiger partial charge >= 0.3 is 0 Å². The Labute approximate surface area is 117 Å². The maximum absolute atomic E-state index is 12.0. The maximum Gasteiger partial charge on any atom is 0.213 e. The molecule has 112 valence electrons. The van der Waals surface area contributed by atoms with Crippen LogP contribution < -0.4 is 10.0 Å². The van der Waals surface area contributed by atoms with Crippen LogP contribution in [0.1, 0.15) is 38.5 Å². The second-order valence-electron chi connectivity index (χ2n) is 5.72. The predicted octanol–water partition coefficient (Wildman–Crippen LogP) is 0.534. The molecule has 2 saturated heterocycles. The quantitative estimate of drug-likeness (QED) is 0.749. The smallest absolute Gasteiger partial charge is 0.213 e. The molecule has 2 N–H and O–H groups in total. The minimum Gasteiger partial charge on any atom is -0.313 e. The van der Waals surface area contributed by atoms with Crippen LogP contribution >= 0.6 is 0 Å². The summed E-state index contributed by atoms with van der Waals surface area (Å²) in [5.41, 5.74) is 0. The summed E-state index contributed by atoms with van der Waals surface area (Å²) >= 11 is 0. The molecular weight excluding hydrogens is 262 g/mol. The normalized spacial score (nSPS) is 26.4. The third-order valence-electron chi connectivity index (χ3n) is 4.03. The Hall–Kier alpha value is -0.170. The van der Waals surface area contributed by atoms with E-state index >= 15 is 0 Å². The van der Waals surface area contributed by atoms with Crippen LogP contribution in [0.15, 0.2) is 0 Å². The van der Waals surface area contributed by atoms with Gasteiger partial charge in [0.1, 0.15) is 0 Å². The molecule has 1 atom stereocenters.